The number of aryl methyl sites for hydroxylation is 2. The molecule has 5 aromatic rings. The van der Waals surface area contributed by atoms with Crippen LogP contribution in [0.15, 0.2) is 83.7 Å². The lowest BCUT2D eigenvalue weighted by molar-refractivity contribution is 0.161. The minimum atomic E-state index is -0.0757. The maximum Gasteiger partial charge on any atom is 0.252 e. The molecule has 0 fully saturated rings. The number of hydrogen-bond acceptors (Lipinski definition) is 5. The van der Waals surface area contributed by atoms with Crippen molar-refractivity contribution in [2.45, 2.75) is 52.9 Å². The van der Waals surface area contributed by atoms with Crippen LogP contribution in [0.1, 0.15) is 53.0 Å². The highest BCUT2D eigenvalue weighted by molar-refractivity contribution is 5.82. The molecule has 0 spiro atoms. The molecule has 2 aromatic heterocycles. The zero-order valence-corrected chi connectivity index (χ0v) is 21.6. The Bertz CT molecular complexity index is 1540. The largest absolute Gasteiger partial charge is 0.321 e. The van der Waals surface area contributed by atoms with Crippen LogP contribution in [0.5, 0.6) is 0 Å². The molecule has 3 aromatic carbocycles. The molecule has 7 nitrogen and oxygen atoms in total. The molecule has 7 heteroatoms. The molecule has 2 heterocycles. The van der Waals surface area contributed by atoms with Crippen molar-refractivity contribution in [2.75, 3.05) is 0 Å². The molecule has 1 atom stereocenters. The Morgan fingerprint density at radius 2 is 1.62 bits per heavy atom. The van der Waals surface area contributed by atoms with E-state index in [1.165, 1.54) is 11.1 Å². The zero-order chi connectivity index (χ0) is 25.8. The normalized spacial score (nSPS) is 12.3. The SMILES string of the molecule is CCC(c1nnnn1Cc1ccccc1)N(Cc1ccccc1)Cc1cc2cc(C)cc(C)c2[nH]c1=O. The number of hydrogen-bond donors (Lipinski definition) is 1. The standard InChI is InChI=1S/C30H32N6O/c1-4-27(29-32-33-34-36(29)19-24-13-9-6-10-14-24)35(18-23-11-7-5-8-12-23)20-26-17-25-16-21(2)15-22(3)28(25)31-30(26)37/h5-17,27H,4,18-20H2,1-3H3,(H,31,37). The van der Waals surface area contributed by atoms with Crippen molar-refractivity contribution in [3.8, 4) is 0 Å². The number of nitrogens with one attached hydrogen (secondary N) is 1. The third-order valence-corrected chi connectivity index (χ3v) is 6.83. The highest BCUT2D eigenvalue weighted by Gasteiger charge is 2.26. The van der Waals surface area contributed by atoms with Crippen LogP contribution in [0.4, 0.5) is 0 Å². The van der Waals surface area contributed by atoms with Gasteiger partial charge < -0.3 is 4.98 Å². The predicted octanol–water partition coefficient (Wildman–Crippen LogP) is 5.33. The number of rotatable bonds is 9. The monoisotopic (exact) mass is 492 g/mol. The highest BCUT2D eigenvalue weighted by Crippen LogP contribution is 2.27. The Morgan fingerprint density at radius 1 is 0.919 bits per heavy atom. The molecule has 0 bridgehead atoms. The average molecular weight is 493 g/mol. The fraction of sp³-hybridized carbons (Fsp3) is 0.267. The van der Waals surface area contributed by atoms with Crippen molar-refractivity contribution >= 4 is 10.9 Å². The van der Waals surface area contributed by atoms with Gasteiger partial charge in [-0.25, -0.2) is 4.68 Å². The van der Waals surface area contributed by atoms with E-state index in [9.17, 15) is 4.79 Å². The molecule has 5 rings (SSSR count). The Kier molecular flexibility index (Phi) is 7.23. The Morgan fingerprint density at radius 3 is 2.32 bits per heavy atom. The molecule has 37 heavy (non-hydrogen) atoms. The average Bonchev–Trinajstić information content (AvgIpc) is 3.34. The Balaban J connectivity index is 1.53. The van der Waals surface area contributed by atoms with Gasteiger partial charge in [0, 0.05) is 18.7 Å². The van der Waals surface area contributed by atoms with Crippen LogP contribution in [0, 0.1) is 13.8 Å². The first-order valence-electron chi connectivity index (χ1n) is 12.7. The summed E-state index contributed by atoms with van der Waals surface area (Å²) in [4.78, 5) is 18.7. The van der Waals surface area contributed by atoms with Gasteiger partial charge in [0.05, 0.1) is 18.1 Å². The van der Waals surface area contributed by atoms with Gasteiger partial charge in [-0.3, -0.25) is 9.69 Å². The van der Waals surface area contributed by atoms with Gasteiger partial charge >= 0.3 is 0 Å². The lowest BCUT2D eigenvalue weighted by atomic mass is 10.0. The number of nitrogens with zero attached hydrogens (tertiary/aromatic N) is 5. The molecule has 0 aliphatic heterocycles. The summed E-state index contributed by atoms with van der Waals surface area (Å²) < 4.78 is 1.87. The lowest BCUT2D eigenvalue weighted by Crippen LogP contribution is -2.32. The van der Waals surface area contributed by atoms with E-state index in [1.807, 2.05) is 54.1 Å². The molecule has 0 saturated carbocycles. The summed E-state index contributed by atoms with van der Waals surface area (Å²) in [5, 5.41) is 13.9. The number of benzene rings is 3. The number of fused-ring (bicyclic) bond motifs is 1. The Hall–Kier alpha value is -4.10. The topological polar surface area (TPSA) is 79.7 Å². The van der Waals surface area contributed by atoms with Crippen LogP contribution in [0.3, 0.4) is 0 Å². The highest BCUT2D eigenvalue weighted by atomic mass is 16.1. The molecule has 0 radical (unpaired) electrons. The van der Waals surface area contributed by atoms with Gasteiger partial charge in [0.25, 0.3) is 5.56 Å². The van der Waals surface area contributed by atoms with E-state index in [-0.39, 0.29) is 11.6 Å². The van der Waals surface area contributed by atoms with Gasteiger partial charge in [-0.1, -0.05) is 79.2 Å². The molecule has 0 amide bonds. The van der Waals surface area contributed by atoms with Crippen molar-refractivity contribution in [3.63, 3.8) is 0 Å². The van der Waals surface area contributed by atoms with Crippen LogP contribution in [0.25, 0.3) is 10.9 Å². The molecule has 0 aliphatic carbocycles. The first kappa shape index (κ1) is 24.6. The van der Waals surface area contributed by atoms with Crippen molar-refractivity contribution < 1.29 is 0 Å². The number of tetrazole rings is 1. The van der Waals surface area contributed by atoms with Crippen LogP contribution < -0.4 is 5.56 Å². The minimum Gasteiger partial charge on any atom is -0.321 e. The number of H-pyrrole nitrogens is 1. The smallest absolute Gasteiger partial charge is 0.252 e. The molecule has 1 unspecified atom stereocenters. The number of aromatic nitrogens is 5. The van der Waals surface area contributed by atoms with E-state index in [1.54, 1.807) is 0 Å². The minimum absolute atomic E-state index is 0.0590. The third kappa shape index (κ3) is 5.52. The van der Waals surface area contributed by atoms with Crippen LogP contribution in [0.2, 0.25) is 0 Å². The summed E-state index contributed by atoms with van der Waals surface area (Å²) in [6, 6.07) is 26.7. The molecule has 0 saturated heterocycles. The fourth-order valence-electron chi connectivity index (χ4n) is 5.09. The first-order valence-corrected chi connectivity index (χ1v) is 12.7. The summed E-state index contributed by atoms with van der Waals surface area (Å²) in [6.45, 7) is 7.99. The number of aromatic amines is 1. The van der Waals surface area contributed by atoms with Gasteiger partial charge in [-0.05, 0) is 64.9 Å². The van der Waals surface area contributed by atoms with Crippen molar-refractivity contribution in [3.05, 3.63) is 123 Å². The molecular formula is C30H32N6O. The summed E-state index contributed by atoms with van der Waals surface area (Å²) in [5.41, 5.74) is 6.13. The van der Waals surface area contributed by atoms with E-state index >= 15 is 0 Å². The van der Waals surface area contributed by atoms with Crippen LogP contribution in [-0.4, -0.2) is 30.1 Å². The summed E-state index contributed by atoms with van der Waals surface area (Å²) >= 11 is 0. The third-order valence-electron chi connectivity index (χ3n) is 6.83. The lowest BCUT2D eigenvalue weighted by Gasteiger charge is -2.30. The zero-order valence-electron chi connectivity index (χ0n) is 21.6. The summed E-state index contributed by atoms with van der Waals surface area (Å²) in [6.07, 6.45) is 0.797. The second kappa shape index (κ2) is 10.9. The number of pyridine rings is 1. The fourth-order valence-corrected chi connectivity index (χ4v) is 5.09. The molecule has 0 aliphatic rings. The summed E-state index contributed by atoms with van der Waals surface area (Å²) in [7, 11) is 0. The Labute approximate surface area is 216 Å². The van der Waals surface area contributed by atoms with Gasteiger partial charge in [-0.15, -0.1) is 5.10 Å². The van der Waals surface area contributed by atoms with Crippen molar-refractivity contribution in [1.82, 2.24) is 30.1 Å². The van der Waals surface area contributed by atoms with E-state index in [0.717, 1.165) is 39.8 Å². The van der Waals surface area contributed by atoms with Crippen LogP contribution in [-0.2, 0) is 19.6 Å². The van der Waals surface area contributed by atoms with Gasteiger partial charge in [0.2, 0.25) is 0 Å². The van der Waals surface area contributed by atoms with Crippen molar-refractivity contribution in [2.24, 2.45) is 0 Å². The molecule has 1 N–H and O–H groups in total. The second-order valence-corrected chi connectivity index (χ2v) is 9.66. The summed E-state index contributed by atoms with van der Waals surface area (Å²) in [5.74, 6) is 0.797. The predicted molar refractivity (Wildman–Crippen MR) is 146 cm³/mol. The van der Waals surface area contributed by atoms with E-state index in [2.05, 4.69) is 75.7 Å². The van der Waals surface area contributed by atoms with Gasteiger partial charge in [0.1, 0.15) is 0 Å². The van der Waals surface area contributed by atoms with E-state index in [4.69, 9.17) is 0 Å². The molecule has 188 valence electrons. The first-order chi connectivity index (χ1) is 18.0. The van der Waals surface area contributed by atoms with E-state index < -0.39 is 0 Å². The van der Waals surface area contributed by atoms with Gasteiger partial charge in [0.15, 0.2) is 5.82 Å². The van der Waals surface area contributed by atoms with Crippen molar-refractivity contribution in [1.29, 1.82) is 0 Å². The second-order valence-electron chi connectivity index (χ2n) is 9.66. The van der Waals surface area contributed by atoms with Crippen LogP contribution >= 0.6 is 0 Å². The van der Waals surface area contributed by atoms with E-state index in [0.29, 0.717) is 19.6 Å². The maximum absolute atomic E-state index is 13.2. The maximum atomic E-state index is 13.2. The molecular weight excluding hydrogens is 460 g/mol. The van der Waals surface area contributed by atoms with Gasteiger partial charge in [-0.2, -0.15) is 0 Å². The quantitative estimate of drug-likeness (QED) is 0.301.